The summed E-state index contributed by atoms with van der Waals surface area (Å²) in [6.45, 7) is 0. The minimum atomic E-state index is -0.215. The molecule has 17 heavy (non-hydrogen) atoms. The van der Waals surface area contributed by atoms with Gasteiger partial charge in [-0.1, -0.05) is 0 Å². The van der Waals surface area contributed by atoms with Crippen LogP contribution in [-0.2, 0) is 18.9 Å². The van der Waals surface area contributed by atoms with E-state index in [1.165, 1.54) is 6.08 Å². The van der Waals surface area contributed by atoms with Gasteiger partial charge in [0.05, 0.1) is 6.20 Å². The molecule has 0 atom stereocenters. The Morgan fingerprint density at radius 3 is 2.82 bits per heavy atom. The van der Waals surface area contributed by atoms with Crippen LogP contribution >= 0.6 is 0 Å². The predicted octanol–water partition coefficient (Wildman–Crippen LogP) is 0.805. The fourth-order valence-corrected chi connectivity index (χ4v) is 1.35. The van der Waals surface area contributed by atoms with Crippen molar-refractivity contribution >= 4 is 17.8 Å². The highest BCUT2D eigenvalue weighted by molar-refractivity contribution is 6.01. The van der Waals surface area contributed by atoms with Crippen molar-refractivity contribution in [2.75, 3.05) is 5.32 Å². The van der Waals surface area contributed by atoms with Gasteiger partial charge < -0.3 is 5.32 Å². The van der Waals surface area contributed by atoms with Crippen LogP contribution in [0.25, 0.3) is 6.08 Å². The molecule has 6 nitrogen and oxygen atoms in total. The number of nitrogens with one attached hydrogen (secondary N) is 1. The molecule has 2 heterocycles. The molecule has 0 saturated heterocycles. The first-order valence-electron chi connectivity index (χ1n) is 5.11. The van der Waals surface area contributed by atoms with Gasteiger partial charge >= 0.3 is 0 Å². The monoisotopic (exact) mass is 231 g/mol. The minimum Gasteiger partial charge on any atom is -0.306 e. The molecular formula is C11H13N5O. The molecule has 1 amide bonds. The summed E-state index contributed by atoms with van der Waals surface area (Å²) in [4.78, 5) is 11.5. The van der Waals surface area contributed by atoms with Crippen molar-refractivity contribution in [3.63, 3.8) is 0 Å². The molecule has 1 N–H and O–H groups in total. The van der Waals surface area contributed by atoms with E-state index in [1.807, 2.05) is 13.2 Å². The van der Waals surface area contributed by atoms with E-state index in [1.54, 1.807) is 40.9 Å². The zero-order valence-corrected chi connectivity index (χ0v) is 9.66. The van der Waals surface area contributed by atoms with E-state index in [9.17, 15) is 4.79 Å². The van der Waals surface area contributed by atoms with E-state index in [0.717, 1.165) is 5.56 Å². The lowest BCUT2D eigenvalue weighted by Gasteiger charge is -1.95. The lowest BCUT2D eigenvalue weighted by molar-refractivity contribution is -0.111. The quantitative estimate of drug-likeness (QED) is 0.795. The summed E-state index contributed by atoms with van der Waals surface area (Å²) in [5, 5.41) is 10.7. The summed E-state index contributed by atoms with van der Waals surface area (Å²) in [6.07, 6.45) is 8.42. The van der Waals surface area contributed by atoms with E-state index in [2.05, 4.69) is 15.5 Å². The van der Waals surface area contributed by atoms with E-state index in [0.29, 0.717) is 5.82 Å². The summed E-state index contributed by atoms with van der Waals surface area (Å²) in [5.74, 6) is 0.320. The number of aromatic nitrogens is 4. The van der Waals surface area contributed by atoms with E-state index in [-0.39, 0.29) is 5.91 Å². The number of anilines is 1. The van der Waals surface area contributed by atoms with Crippen molar-refractivity contribution in [1.82, 2.24) is 19.6 Å². The number of amides is 1. The number of hydrogen-bond donors (Lipinski definition) is 1. The highest BCUT2D eigenvalue weighted by Gasteiger charge is 2.00. The summed E-state index contributed by atoms with van der Waals surface area (Å²) in [5.41, 5.74) is 0.878. The van der Waals surface area contributed by atoms with Crippen molar-refractivity contribution in [2.24, 2.45) is 14.1 Å². The van der Waals surface area contributed by atoms with E-state index in [4.69, 9.17) is 0 Å². The van der Waals surface area contributed by atoms with Crippen LogP contribution in [0, 0.1) is 0 Å². The molecule has 2 rings (SSSR count). The third-order valence-corrected chi connectivity index (χ3v) is 2.12. The maximum atomic E-state index is 11.5. The average Bonchev–Trinajstić information content (AvgIpc) is 2.85. The average molecular weight is 231 g/mol. The third-order valence-electron chi connectivity index (χ3n) is 2.12. The molecule has 0 aromatic carbocycles. The molecule has 88 valence electrons. The first-order chi connectivity index (χ1) is 8.13. The van der Waals surface area contributed by atoms with Gasteiger partial charge in [-0.2, -0.15) is 10.2 Å². The molecule has 0 aliphatic carbocycles. The van der Waals surface area contributed by atoms with Gasteiger partial charge in [0.15, 0.2) is 5.82 Å². The normalized spacial score (nSPS) is 10.9. The molecule has 0 spiro atoms. The van der Waals surface area contributed by atoms with Crippen LogP contribution < -0.4 is 5.32 Å². The molecule has 0 bridgehead atoms. The SMILES string of the molecule is Cn1cc(/C=C/C(=O)Nc2ccn(C)n2)cn1. The Bertz CT molecular complexity index is 552. The van der Waals surface area contributed by atoms with Gasteiger partial charge in [-0.3, -0.25) is 14.2 Å². The molecular weight excluding hydrogens is 218 g/mol. The van der Waals surface area contributed by atoms with Crippen LogP contribution in [-0.4, -0.2) is 25.5 Å². The number of rotatable bonds is 3. The maximum absolute atomic E-state index is 11.5. The number of aryl methyl sites for hydroxylation is 2. The van der Waals surface area contributed by atoms with Gasteiger partial charge in [0.2, 0.25) is 5.91 Å². The Balaban J connectivity index is 1.95. The fourth-order valence-electron chi connectivity index (χ4n) is 1.35. The van der Waals surface area contributed by atoms with Crippen LogP contribution in [0.15, 0.2) is 30.7 Å². The second-order valence-electron chi connectivity index (χ2n) is 3.64. The summed E-state index contributed by atoms with van der Waals surface area (Å²) >= 11 is 0. The molecule has 0 aliphatic rings. The fraction of sp³-hybridized carbons (Fsp3) is 0.182. The number of hydrogen-bond acceptors (Lipinski definition) is 3. The number of carbonyl (C=O) groups excluding carboxylic acids is 1. The number of nitrogens with zero attached hydrogens (tertiary/aromatic N) is 4. The Labute approximate surface area is 98.5 Å². The van der Waals surface area contributed by atoms with Gasteiger partial charge in [0.25, 0.3) is 0 Å². The van der Waals surface area contributed by atoms with Crippen molar-refractivity contribution in [3.05, 3.63) is 36.3 Å². The van der Waals surface area contributed by atoms with Crippen LogP contribution in [0.5, 0.6) is 0 Å². The predicted molar refractivity (Wildman–Crippen MR) is 64.1 cm³/mol. The van der Waals surface area contributed by atoms with E-state index < -0.39 is 0 Å². The first-order valence-corrected chi connectivity index (χ1v) is 5.11. The second-order valence-corrected chi connectivity index (χ2v) is 3.64. The van der Waals surface area contributed by atoms with Crippen molar-refractivity contribution in [3.8, 4) is 0 Å². The van der Waals surface area contributed by atoms with Gasteiger partial charge in [-0.15, -0.1) is 0 Å². The van der Waals surface area contributed by atoms with Crippen molar-refractivity contribution in [2.45, 2.75) is 0 Å². The smallest absolute Gasteiger partial charge is 0.249 e. The topological polar surface area (TPSA) is 64.7 Å². The molecule has 2 aromatic heterocycles. The highest BCUT2D eigenvalue weighted by Crippen LogP contribution is 2.02. The Hall–Kier alpha value is -2.37. The zero-order valence-electron chi connectivity index (χ0n) is 9.66. The van der Waals surface area contributed by atoms with Crippen LogP contribution in [0.2, 0.25) is 0 Å². The summed E-state index contributed by atoms with van der Waals surface area (Å²) < 4.78 is 3.30. The van der Waals surface area contributed by atoms with Crippen LogP contribution in [0.4, 0.5) is 5.82 Å². The minimum absolute atomic E-state index is 0.215. The summed E-state index contributed by atoms with van der Waals surface area (Å²) in [7, 11) is 3.62. The molecule has 2 aromatic rings. The standard InChI is InChI=1S/C11H13N5O/c1-15-6-5-10(14-15)13-11(17)4-3-9-7-12-16(2)8-9/h3-8H,1-2H3,(H,13,14,17)/b4-3+. The maximum Gasteiger partial charge on any atom is 0.249 e. The van der Waals surface area contributed by atoms with Crippen LogP contribution in [0.1, 0.15) is 5.56 Å². The molecule has 0 saturated carbocycles. The highest BCUT2D eigenvalue weighted by atomic mass is 16.1. The van der Waals surface area contributed by atoms with Gasteiger partial charge in [-0.25, -0.2) is 0 Å². The van der Waals surface area contributed by atoms with Crippen molar-refractivity contribution in [1.29, 1.82) is 0 Å². The van der Waals surface area contributed by atoms with E-state index >= 15 is 0 Å². The van der Waals surface area contributed by atoms with Crippen LogP contribution in [0.3, 0.4) is 0 Å². The molecule has 6 heteroatoms. The lowest BCUT2D eigenvalue weighted by atomic mass is 10.3. The molecule has 0 unspecified atom stereocenters. The molecule has 0 fully saturated rings. The first kappa shape index (κ1) is 11.1. The Morgan fingerprint density at radius 2 is 2.24 bits per heavy atom. The number of carbonyl (C=O) groups is 1. The molecule has 0 aliphatic heterocycles. The van der Waals surface area contributed by atoms with Gasteiger partial charge in [0, 0.05) is 44.2 Å². The third kappa shape index (κ3) is 3.04. The van der Waals surface area contributed by atoms with Gasteiger partial charge in [-0.05, 0) is 6.08 Å². The lowest BCUT2D eigenvalue weighted by Crippen LogP contribution is -2.08. The second kappa shape index (κ2) is 4.65. The van der Waals surface area contributed by atoms with Gasteiger partial charge in [0.1, 0.15) is 0 Å². The Morgan fingerprint density at radius 1 is 1.41 bits per heavy atom. The zero-order chi connectivity index (χ0) is 12.3. The summed E-state index contributed by atoms with van der Waals surface area (Å²) in [6, 6.07) is 1.73. The van der Waals surface area contributed by atoms with Crippen molar-refractivity contribution < 1.29 is 4.79 Å². The largest absolute Gasteiger partial charge is 0.306 e. The Kier molecular flexibility index (Phi) is 3.04. The molecule has 0 radical (unpaired) electrons.